The zero-order chi connectivity index (χ0) is 12.7. The minimum Gasteiger partial charge on any atom is -0.711 e. The Bertz CT molecular complexity index is 585. The highest BCUT2D eigenvalue weighted by Crippen LogP contribution is 2.32. The van der Waals surface area contributed by atoms with Crippen LogP contribution in [0.25, 0.3) is 11.1 Å². The molecule has 2 aromatic rings. The SMILES string of the molecule is CN1c2cc(-c3ccccc3)c[n+]([O-])c2NC1N. The van der Waals surface area contributed by atoms with Crippen molar-refractivity contribution in [2.75, 3.05) is 17.3 Å². The summed E-state index contributed by atoms with van der Waals surface area (Å²) in [7, 11) is 1.86. The van der Waals surface area contributed by atoms with Crippen LogP contribution in [0, 0.1) is 5.21 Å². The van der Waals surface area contributed by atoms with Crippen molar-refractivity contribution in [3.8, 4) is 11.1 Å². The van der Waals surface area contributed by atoms with Gasteiger partial charge in [-0.3, -0.25) is 5.73 Å². The van der Waals surface area contributed by atoms with Gasteiger partial charge in [0, 0.05) is 12.6 Å². The highest BCUT2D eigenvalue weighted by molar-refractivity contribution is 5.75. The third kappa shape index (κ3) is 1.56. The van der Waals surface area contributed by atoms with Crippen molar-refractivity contribution in [2.24, 2.45) is 5.73 Å². The Kier molecular flexibility index (Phi) is 2.34. The Morgan fingerprint density at radius 1 is 1.28 bits per heavy atom. The van der Waals surface area contributed by atoms with Gasteiger partial charge in [-0.1, -0.05) is 30.3 Å². The van der Waals surface area contributed by atoms with Crippen LogP contribution in [0.1, 0.15) is 0 Å². The number of nitrogens with two attached hydrogens (primary N) is 1. The molecule has 0 amide bonds. The van der Waals surface area contributed by atoms with Crippen molar-refractivity contribution in [1.82, 2.24) is 0 Å². The van der Waals surface area contributed by atoms with Crippen molar-refractivity contribution >= 4 is 11.5 Å². The number of nitrogens with zero attached hydrogens (tertiary/aromatic N) is 2. The molecule has 3 rings (SSSR count). The Labute approximate surface area is 105 Å². The summed E-state index contributed by atoms with van der Waals surface area (Å²) < 4.78 is 0.834. The lowest BCUT2D eigenvalue weighted by Crippen LogP contribution is -2.41. The zero-order valence-electron chi connectivity index (χ0n) is 10.00. The molecule has 1 aliphatic heterocycles. The van der Waals surface area contributed by atoms with Gasteiger partial charge < -0.3 is 10.1 Å². The molecule has 1 aromatic heterocycles. The molecule has 2 heterocycles. The molecule has 1 aromatic carbocycles. The summed E-state index contributed by atoms with van der Waals surface area (Å²) in [5, 5.41) is 14.9. The van der Waals surface area contributed by atoms with Crippen molar-refractivity contribution in [2.45, 2.75) is 6.29 Å². The molecule has 92 valence electrons. The minimum atomic E-state index is -0.355. The lowest BCUT2D eigenvalue weighted by Gasteiger charge is -2.14. The number of anilines is 2. The molecular formula is C13H14N4O. The Morgan fingerprint density at radius 3 is 2.72 bits per heavy atom. The van der Waals surface area contributed by atoms with Crippen molar-refractivity contribution in [3.05, 3.63) is 47.8 Å². The van der Waals surface area contributed by atoms with Crippen molar-refractivity contribution < 1.29 is 4.73 Å². The number of hydrogen-bond donors (Lipinski definition) is 2. The average Bonchev–Trinajstić information content (AvgIpc) is 2.68. The van der Waals surface area contributed by atoms with Gasteiger partial charge in [0.05, 0.1) is 0 Å². The van der Waals surface area contributed by atoms with E-state index in [0.717, 1.165) is 21.5 Å². The molecule has 1 atom stereocenters. The van der Waals surface area contributed by atoms with Crippen LogP contribution < -0.4 is 20.7 Å². The van der Waals surface area contributed by atoms with Crippen LogP contribution in [-0.2, 0) is 0 Å². The second-order valence-corrected chi connectivity index (χ2v) is 4.35. The first-order valence-electron chi connectivity index (χ1n) is 5.74. The fourth-order valence-corrected chi connectivity index (χ4v) is 2.14. The average molecular weight is 242 g/mol. The number of fused-ring (bicyclic) bond motifs is 1. The molecule has 0 saturated heterocycles. The van der Waals surface area contributed by atoms with E-state index in [9.17, 15) is 5.21 Å². The third-order valence-corrected chi connectivity index (χ3v) is 3.20. The summed E-state index contributed by atoms with van der Waals surface area (Å²) >= 11 is 0. The van der Waals surface area contributed by atoms with Gasteiger partial charge in [-0.15, -0.1) is 0 Å². The maximum atomic E-state index is 12.0. The van der Waals surface area contributed by atoms with Crippen LogP contribution >= 0.6 is 0 Å². The van der Waals surface area contributed by atoms with E-state index in [1.54, 1.807) is 6.20 Å². The summed E-state index contributed by atoms with van der Waals surface area (Å²) in [5.74, 6) is 0.504. The van der Waals surface area contributed by atoms with Gasteiger partial charge in [-0.2, -0.15) is 0 Å². The van der Waals surface area contributed by atoms with E-state index in [4.69, 9.17) is 5.73 Å². The molecule has 0 aliphatic carbocycles. The molecule has 1 unspecified atom stereocenters. The molecule has 0 fully saturated rings. The molecule has 18 heavy (non-hydrogen) atoms. The molecule has 1 aliphatic rings. The van der Waals surface area contributed by atoms with Crippen LogP contribution in [0.2, 0.25) is 0 Å². The van der Waals surface area contributed by atoms with Crippen LogP contribution in [-0.4, -0.2) is 13.3 Å². The van der Waals surface area contributed by atoms with E-state index in [0.29, 0.717) is 5.82 Å². The number of nitrogens with one attached hydrogen (secondary N) is 1. The van der Waals surface area contributed by atoms with Gasteiger partial charge in [-0.25, -0.2) is 10.0 Å². The second-order valence-electron chi connectivity index (χ2n) is 4.35. The van der Waals surface area contributed by atoms with Gasteiger partial charge in [0.25, 0.3) is 0 Å². The van der Waals surface area contributed by atoms with Crippen LogP contribution in [0.3, 0.4) is 0 Å². The normalized spacial score (nSPS) is 17.4. The zero-order valence-corrected chi connectivity index (χ0v) is 10.00. The Balaban J connectivity index is 2.13. The predicted octanol–water partition coefficient (Wildman–Crippen LogP) is 1.09. The molecule has 5 nitrogen and oxygen atoms in total. The number of hydrogen-bond acceptors (Lipinski definition) is 4. The molecule has 0 radical (unpaired) electrons. The Morgan fingerprint density at radius 2 is 2.00 bits per heavy atom. The van der Waals surface area contributed by atoms with E-state index in [-0.39, 0.29) is 6.29 Å². The lowest BCUT2D eigenvalue weighted by molar-refractivity contribution is -0.588. The first-order valence-corrected chi connectivity index (χ1v) is 5.74. The van der Waals surface area contributed by atoms with Gasteiger partial charge in [0.2, 0.25) is 6.29 Å². The van der Waals surface area contributed by atoms with Crippen LogP contribution in [0.4, 0.5) is 11.5 Å². The summed E-state index contributed by atoms with van der Waals surface area (Å²) in [6.07, 6.45) is 1.21. The van der Waals surface area contributed by atoms with E-state index in [1.165, 1.54) is 0 Å². The van der Waals surface area contributed by atoms with Gasteiger partial charge >= 0.3 is 5.82 Å². The summed E-state index contributed by atoms with van der Waals surface area (Å²) in [4.78, 5) is 1.84. The van der Waals surface area contributed by atoms with Gasteiger partial charge in [0.15, 0.2) is 0 Å². The predicted molar refractivity (Wildman–Crippen MR) is 70.8 cm³/mol. The number of benzene rings is 1. The summed E-state index contributed by atoms with van der Waals surface area (Å²) in [5.41, 5.74) is 8.56. The minimum absolute atomic E-state index is 0.355. The lowest BCUT2D eigenvalue weighted by atomic mass is 10.1. The van der Waals surface area contributed by atoms with Crippen LogP contribution in [0.15, 0.2) is 42.6 Å². The fraction of sp³-hybridized carbons (Fsp3) is 0.154. The van der Waals surface area contributed by atoms with Gasteiger partial charge in [0.1, 0.15) is 11.9 Å². The van der Waals surface area contributed by atoms with Crippen LogP contribution in [0.5, 0.6) is 0 Å². The standard InChI is InChI=1S/C13H14N4O/c1-16-11-7-10(9-5-3-2-4-6-9)8-17(18)12(11)15-13(16)14/h2-8,13,15H,14H2,1H3. The third-order valence-electron chi connectivity index (χ3n) is 3.20. The smallest absolute Gasteiger partial charge is 0.304 e. The molecule has 5 heteroatoms. The molecule has 0 saturated carbocycles. The van der Waals surface area contributed by atoms with E-state index >= 15 is 0 Å². The fourth-order valence-electron chi connectivity index (χ4n) is 2.14. The first-order chi connectivity index (χ1) is 8.66. The van der Waals surface area contributed by atoms with E-state index in [2.05, 4.69) is 5.32 Å². The maximum Gasteiger partial charge on any atom is 0.304 e. The summed E-state index contributed by atoms with van der Waals surface area (Å²) in [6.45, 7) is 0. The largest absolute Gasteiger partial charge is 0.711 e. The molecular weight excluding hydrogens is 228 g/mol. The monoisotopic (exact) mass is 242 g/mol. The quantitative estimate of drug-likeness (QED) is 0.580. The maximum absolute atomic E-state index is 12.0. The van der Waals surface area contributed by atoms with E-state index < -0.39 is 0 Å². The molecule has 0 bridgehead atoms. The topological polar surface area (TPSA) is 68.2 Å². The first kappa shape index (κ1) is 10.9. The second kappa shape index (κ2) is 3.89. The van der Waals surface area contributed by atoms with Crippen molar-refractivity contribution in [3.63, 3.8) is 0 Å². The summed E-state index contributed by atoms with van der Waals surface area (Å²) in [6, 6.07) is 11.8. The van der Waals surface area contributed by atoms with Gasteiger partial charge in [-0.05, 0) is 11.6 Å². The van der Waals surface area contributed by atoms with Crippen molar-refractivity contribution in [1.29, 1.82) is 0 Å². The number of aromatic nitrogens is 1. The highest BCUT2D eigenvalue weighted by atomic mass is 16.5. The highest BCUT2D eigenvalue weighted by Gasteiger charge is 2.31. The number of rotatable bonds is 1. The number of pyridine rings is 1. The van der Waals surface area contributed by atoms with E-state index in [1.807, 2.05) is 48.3 Å². The molecule has 3 N–H and O–H groups in total. The Hall–Kier alpha value is -2.27. The molecule has 0 spiro atoms.